The minimum Gasteiger partial charge on any atom is -0.304 e. The van der Waals surface area contributed by atoms with Crippen LogP contribution in [0.5, 0.6) is 0 Å². The van der Waals surface area contributed by atoms with Crippen molar-refractivity contribution < 1.29 is 4.79 Å². The predicted octanol–water partition coefficient (Wildman–Crippen LogP) is 3.57. The van der Waals surface area contributed by atoms with Gasteiger partial charge in [-0.1, -0.05) is 36.5 Å². The van der Waals surface area contributed by atoms with E-state index in [-0.39, 0.29) is 5.91 Å². The van der Waals surface area contributed by atoms with E-state index in [1.165, 1.54) is 11.3 Å². The molecule has 1 atom stereocenters. The molecule has 2 aromatic rings. The van der Waals surface area contributed by atoms with E-state index >= 15 is 0 Å². The average molecular weight is 324 g/mol. The third-order valence-corrected chi connectivity index (χ3v) is 4.36. The summed E-state index contributed by atoms with van der Waals surface area (Å²) in [5.74, 6) is -0.126. The van der Waals surface area contributed by atoms with Crippen molar-refractivity contribution in [3.05, 3.63) is 39.8 Å². The number of halogens is 1. The fourth-order valence-electron chi connectivity index (χ4n) is 1.99. The average Bonchev–Trinajstić information content (AvgIpc) is 2.92. The molecule has 4 nitrogen and oxygen atoms in total. The number of benzene rings is 1. The van der Waals surface area contributed by atoms with Gasteiger partial charge in [0.1, 0.15) is 15.4 Å². The second-order valence-electron chi connectivity index (χ2n) is 4.77. The number of anilines is 1. The summed E-state index contributed by atoms with van der Waals surface area (Å²) >= 11 is 7.53. The van der Waals surface area contributed by atoms with Gasteiger partial charge in [0.05, 0.1) is 6.54 Å². The van der Waals surface area contributed by atoms with Crippen LogP contribution in [0.15, 0.2) is 24.3 Å². The molecule has 0 radical (unpaired) electrons. The SMILES string of the molecule is CCc1nnc(CN(C(=O)C(C)Cl)c2ccccc2C)s1. The maximum Gasteiger partial charge on any atom is 0.245 e. The zero-order valence-corrected chi connectivity index (χ0v) is 13.9. The molecule has 6 heteroatoms. The third kappa shape index (κ3) is 3.80. The zero-order valence-electron chi connectivity index (χ0n) is 12.3. The van der Waals surface area contributed by atoms with E-state index < -0.39 is 5.38 Å². The molecule has 0 spiro atoms. The Hall–Kier alpha value is -1.46. The Morgan fingerprint density at radius 2 is 2.00 bits per heavy atom. The Morgan fingerprint density at radius 1 is 1.33 bits per heavy atom. The van der Waals surface area contributed by atoms with Crippen LogP contribution in [0.4, 0.5) is 5.69 Å². The van der Waals surface area contributed by atoms with Gasteiger partial charge < -0.3 is 4.90 Å². The van der Waals surface area contributed by atoms with Gasteiger partial charge in [0.25, 0.3) is 0 Å². The molecule has 0 aliphatic carbocycles. The number of hydrogen-bond acceptors (Lipinski definition) is 4. The largest absolute Gasteiger partial charge is 0.304 e. The number of carbonyl (C=O) groups is 1. The number of aryl methyl sites for hydroxylation is 2. The standard InChI is InChI=1S/C15H18ClN3OS/c1-4-13-17-18-14(21-13)9-19(15(20)11(3)16)12-8-6-5-7-10(12)2/h5-8,11H,4,9H2,1-3H3. The van der Waals surface area contributed by atoms with Gasteiger partial charge in [-0.25, -0.2) is 0 Å². The van der Waals surface area contributed by atoms with Gasteiger partial charge in [-0.2, -0.15) is 0 Å². The number of alkyl halides is 1. The quantitative estimate of drug-likeness (QED) is 0.790. The van der Waals surface area contributed by atoms with E-state index in [4.69, 9.17) is 11.6 Å². The molecule has 0 aliphatic rings. The van der Waals surface area contributed by atoms with Crippen LogP contribution in [0.1, 0.15) is 29.4 Å². The Morgan fingerprint density at radius 3 is 2.57 bits per heavy atom. The van der Waals surface area contributed by atoms with Crippen LogP contribution in [-0.4, -0.2) is 21.5 Å². The van der Waals surface area contributed by atoms with Crippen molar-refractivity contribution >= 4 is 34.5 Å². The first kappa shape index (κ1) is 15.9. The highest BCUT2D eigenvalue weighted by Gasteiger charge is 2.23. The number of amides is 1. The van der Waals surface area contributed by atoms with Crippen molar-refractivity contribution in [2.45, 2.75) is 39.1 Å². The lowest BCUT2D eigenvalue weighted by atomic mass is 10.1. The molecule has 21 heavy (non-hydrogen) atoms. The van der Waals surface area contributed by atoms with Gasteiger partial charge in [0.15, 0.2) is 0 Å². The number of nitrogens with zero attached hydrogens (tertiary/aromatic N) is 3. The van der Waals surface area contributed by atoms with Crippen LogP contribution in [0, 0.1) is 6.92 Å². The second kappa shape index (κ2) is 7.00. The van der Waals surface area contributed by atoms with Crippen LogP contribution in [0.3, 0.4) is 0 Å². The van der Waals surface area contributed by atoms with Crippen LogP contribution in [0.2, 0.25) is 0 Å². The van der Waals surface area contributed by atoms with Gasteiger partial charge in [-0.05, 0) is 31.9 Å². The van der Waals surface area contributed by atoms with E-state index in [0.717, 1.165) is 27.7 Å². The molecule has 0 saturated carbocycles. The minimum absolute atomic E-state index is 0.126. The molecule has 1 aromatic carbocycles. The summed E-state index contributed by atoms with van der Waals surface area (Å²) in [6.07, 6.45) is 0.849. The highest BCUT2D eigenvalue weighted by atomic mass is 35.5. The smallest absolute Gasteiger partial charge is 0.245 e. The molecule has 1 aromatic heterocycles. The molecular formula is C15H18ClN3OS. The molecule has 1 amide bonds. The summed E-state index contributed by atoms with van der Waals surface area (Å²) < 4.78 is 0. The Balaban J connectivity index is 2.33. The minimum atomic E-state index is -0.580. The summed E-state index contributed by atoms with van der Waals surface area (Å²) in [7, 11) is 0. The Labute approximate surface area is 133 Å². The molecule has 1 heterocycles. The van der Waals surface area contributed by atoms with E-state index in [0.29, 0.717) is 6.54 Å². The molecule has 0 bridgehead atoms. The predicted molar refractivity (Wildman–Crippen MR) is 87.0 cm³/mol. The number of rotatable bonds is 5. The summed E-state index contributed by atoms with van der Waals surface area (Å²) in [6, 6.07) is 7.77. The number of hydrogen-bond donors (Lipinski definition) is 0. The normalized spacial score (nSPS) is 12.2. The topological polar surface area (TPSA) is 46.1 Å². The maximum atomic E-state index is 12.4. The lowest BCUT2D eigenvalue weighted by molar-refractivity contribution is -0.118. The molecule has 2 rings (SSSR count). The fraction of sp³-hybridized carbons (Fsp3) is 0.400. The summed E-state index contributed by atoms with van der Waals surface area (Å²) in [5.41, 5.74) is 1.90. The molecular weight excluding hydrogens is 306 g/mol. The van der Waals surface area contributed by atoms with E-state index in [1.54, 1.807) is 11.8 Å². The molecule has 0 fully saturated rings. The first-order valence-corrected chi connectivity index (χ1v) is 8.10. The third-order valence-electron chi connectivity index (χ3n) is 3.12. The van der Waals surface area contributed by atoms with Gasteiger partial charge in [0.2, 0.25) is 5.91 Å². The van der Waals surface area contributed by atoms with E-state index in [1.807, 2.05) is 38.1 Å². The van der Waals surface area contributed by atoms with Gasteiger partial charge in [-0.15, -0.1) is 21.8 Å². The van der Waals surface area contributed by atoms with Crippen LogP contribution < -0.4 is 4.90 Å². The van der Waals surface area contributed by atoms with E-state index in [2.05, 4.69) is 10.2 Å². The van der Waals surface area contributed by atoms with Crippen molar-refractivity contribution in [3.8, 4) is 0 Å². The van der Waals surface area contributed by atoms with Crippen molar-refractivity contribution in [2.75, 3.05) is 4.90 Å². The van der Waals surface area contributed by atoms with Gasteiger partial charge in [0, 0.05) is 5.69 Å². The highest BCUT2D eigenvalue weighted by molar-refractivity contribution is 7.11. The fourth-order valence-corrected chi connectivity index (χ4v) is 2.88. The highest BCUT2D eigenvalue weighted by Crippen LogP contribution is 2.24. The van der Waals surface area contributed by atoms with Gasteiger partial charge in [-0.3, -0.25) is 4.79 Å². The Bertz CT molecular complexity index is 627. The lowest BCUT2D eigenvalue weighted by Crippen LogP contribution is -2.35. The molecule has 0 aliphatic heterocycles. The van der Waals surface area contributed by atoms with Crippen molar-refractivity contribution in [2.24, 2.45) is 0 Å². The van der Waals surface area contributed by atoms with Crippen molar-refractivity contribution in [1.29, 1.82) is 0 Å². The first-order valence-electron chi connectivity index (χ1n) is 6.85. The molecule has 0 N–H and O–H groups in total. The lowest BCUT2D eigenvalue weighted by Gasteiger charge is -2.24. The van der Waals surface area contributed by atoms with Crippen LogP contribution >= 0.6 is 22.9 Å². The molecule has 112 valence electrons. The van der Waals surface area contributed by atoms with Gasteiger partial charge >= 0.3 is 0 Å². The van der Waals surface area contributed by atoms with Crippen molar-refractivity contribution in [3.63, 3.8) is 0 Å². The summed E-state index contributed by atoms with van der Waals surface area (Å²) in [4.78, 5) is 14.1. The summed E-state index contributed by atoms with van der Waals surface area (Å²) in [5, 5.41) is 9.47. The maximum absolute atomic E-state index is 12.4. The molecule has 1 unspecified atom stereocenters. The van der Waals surface area contributed by atoms with Crippen molar-refractivity contribution in [1.82, 2.24) is 10.2 Å². The second-order valence-corrected chi connectivity index (χ2v) is 6.57. The Kier molecular flexibility index (Phi) is 5.31. The number of carbonyl (C=O) groups excluding carboxylic acids is 1. The monoisotopic (exact) mass is 323 g/mol. The number of aromatic nitrogens is 2. The zero-order chi connectivity index (χ0) is 15.4. The van der Waals surface area contributed by atoms with Crippen LogP contribution in [-0.2, 0) is 17.8 Å². The van der Waals surface area contributed by atoms with Crippen LogP contribution in [0.25, 0.3) is 0 Å². The molecule has 0 saturated heterocycles. The van der Waals surface area contributed by atoms with E-state index in [9.17, 15) is 4.79 Å². The summed E-state index contributed by atoms with van der Waals surface area (Å²) in [6.45, 7) is 6.10. The number of para-hydroxylation sites is 1. The first-order chi connectivity index (χ1) is 10.0.